The predicted octanol–water partition coefficient (Wildman–Crippen LogP) is 5.17. The van der Waals surface area contributed by atoms with Crippen LogP contribution in [-0.2, 0) is 14.3 Å². The number of ether oxygens (including phenoxy) is 2. The highest BCUT2D eigenvalue weighted by Gasteiger charge is 2.41. The summed E-state index contributed by atoms with van der Waals surface area (Å²) in [5.41, 5.74) is 2.09. The fourth-order valence-corrected chi connectivity index (χ4v) is 4.48. The molecule has 1 heterocycles. The Hall–Kier alpha value is -4.04. The third-order valence-corrected chi connectivity index (χ3v) is 6.35. The third kappa shape index (κ3) is 5.07. The minimum Gasteiger partial charge on any atom is -0.497 e. The van der Waals surface area contributed by atoms with Gasteiger partial charge in [0.1, 0.15) is 16.4 Å². The monoisotopic (exact) mass is 488 g/mol. The van der Waals surface area contributed by atoms with Crippen LogP contribution in [0.15, 0.2) is 88.3 Å². The zero-order chi connectivity index (χ0) is 24.9. The number of carbonyl (C=O) groups is 3. The summed E-state index contributed by atoms with van der Waals surface area (Å²) in [6.07, 6.45) is 0. The van der Waals surface area contributed by atoms with Crippen LogP contribution < -0.4 is 15.0 Å². The Morgan fingerprint density at radius 3 is 2.43 bits per heavy atom. The lowest BCUT2D eigenvalue weighted by atomic mass is 10.1. The van der Waals surface area contributed by atoms with Crippen molar-refractivity contribution in [1.82, 2.24) is 0 Å². The Bertz CT molecular complexity index is 1320. The minimum atomic E-state index is -0.606. The SMILES string of the molecule is CCOC(=O)c1ccccc1N1C(=O)C(Nc2cccc(OC)c2)=C(Sc2ccc(C)cc2)C1=O. The van der Waals surface area contributed by atoms with E-state index in [9.17, 15) is 14.4 Å². The summed E-state index contributed by atoms with van der Waals surface area (Å²) < 4.78 is 10.4. The summed E-state index contributed by atoms with van der Waals surface area (Å²) >= 11 is 1.19. The molecule has 0 spiro atoms. The second-order valence-corrected chi connectivity index (χ2v) is 8.74. The van der Waals surface area contributed by atoms with Crippen molar-refractivity contribution in [2.24, 2.45) is 0 Å². The van der Waals surface area contributed by atoms with E-state index < -0.39 is 17.8 Å². The zero-order valence-corrected chi connectivity index (χ0v) is 20.3. The molecule has 7 nitrogen and oxygen atoms in total. The van der Waals surface area contributed by atoms with E-state index >= 15 is 0 Å². The molecule has 35 heavy (non-hydrogen) atoms. The van der Waals surface area contributed by atoms with Crippen molar-refractivity contribution in [2.45, 2.75) is 18.7 Å². The van der Waals surface area contributed by atoms with Crippen molar-refractivity contribution in [2.75, 3.05) is 23.9 Å². The lowest BCUT2D eigenvalue weighted by Crippen LogP contribution is -2.33. The van der Waals surface area contributed by atoms with Crippen LogP contribution >= 0.6 is 11.8 Å². The number of aryl methyl sites for hydroxylation is 1. The summed E-state index contributed by atoms with van der Waals surface area (Å²) in [6.45, 7) is 3.84. The molecule has 1 aliphatic rings. The predicted molar refractivity (Wildman–Crippen MR) is 136 cm³/mol. The largest absolute Gasteiger partial charge is 0.497 e. The fraction of sp³-hybridized carbons (Fsp3) is 0.148. The average Bonchev–Trinajstić information content (AvgIpc) is 3.09. The van der Waals surface area contributed by atoms with Gasteiger partial charge >= 0.3 is 5.97 Å². The van der Waals surface area contributed by atoms with Gasteiger partial charge in [0.15, 0.2) is 0 Å². The van der Waals surface area contributed by atoms with Gasteiger partial charge in [0.2, 0.25) is 0 Å². The van der Waals surface area contributed by atoms with Gasteiger partial charge in [-0.05, 0) is 50.2 Å². The van der Waals surface area contributed by atoms with Crippen molar-refractivity contribution in [3.63, 3.8) is 0 Å². The van der Waals surface area contributed by atoms with Crippen LogP contribution in [-0.4, -0.2) is 31.5 Å². The molecule has 1 N–H and O–H groups in total. The van der Waals surface area contributed by atoms with Crippen LogP contribution in [0.1, 0.15) is 22.8 Å². The van der Waals surface area contributed by atoms with Gasteiger partial charge in [-0.1, -0.05) is 47.7 Å². The Morgan fingerprint density at radius 2 is 1.71 bits per heavy atom. The maximum Gasteiger partial charge on any atom is 0.340 e. The number of hydrogen-bond donors (Lipinski definition) is 1. The van der Waals surface area contributed by atoms with E-state index in [0.717, 1.165) is 15.4 Å². The van der Waals surface area contributed by atoms with Crippen molar-refractivity contribution in [3.8, 4) is 5.75 Å². The number of anilines is 2. The number of thioether (sulfide) groups is 1. The van der Waals surface area contributed by atoms with Crippen LogP contribution in [0.25, 0.3) is 0 Å². The molecule has 3 aromatic carbocycles. The highest BCUT2D eigenvalue weighted by atomic mass is 32.2. The van der Waals surface area contributed by atoms with Crippen molar-refractivity contribution >= 4 is 40.9 Å². The Morgan fingerprint density at radius 1 is 0.971 bits per heavy atom. The lowest BCUT2D eigenvalue weighted by molar-refractivity contribution is -0.120. The molecule has 1 aliphatic heterocycles. The zero-order valence-electron chi connectivity index (χ0n) is 19.5. The molecule has 0 atom stereocenters. The topological polar surface area (TPSA) is 84.9 Å². The first-order valence-corrected chi connectivity index (χ1v) is 11.8. The number of methoxy groups -OCH3 is 1. The molecule has 2 amide bonds. The number of hydrogen-bond acceptors (Lipinski definition) is 7. The van der Waals surface area contributed by atoms with Crippen LogP contribution in [0.3, 0.4) is 0 Å². The molecule has 4 rings (SSSR count). The van der Waals surface area contributed by atoms with Gasteiger partial charge in [-0.3, -0.25) is 9.59 Å². The Balaban J connectivity index is 1.77. The van der Waals surface area contributed by atoms with Crippen LogP contribution in [0.2, 0.25) is 0 Å². The number of imide groups is 1. The van der Waals surface area contributed by atoms with Gasteiger partial charge < -0.3 is 14.8 Å². The van der Waals surface area contributed by atoms with E-state index in [4.69, 9.17) is 9.47 Å². The summed E-state index contributed by atoms with van der Waals surface area (Å²) in [5.74, 6) is -1.10. The number of rotatable bonds is 8. The smallest absolute Gasteiger partial charge is 0.340 e. The molecule has 0 bridgehead atoms. The number of nitrogens with one attached hydrogen (secondary N) is 1. The quantitative estimate of drug-likeness (QED) is 0.346. The molecule has 0 aromatic heterocycles. The van der Waals surface area contributed by atoms with Crippen molar-refractivity contribution in [3.05, 3.63) is 94.5 Å². The van der Waals surface area contributed by atoms with E-state index in [2.05, 4.69) is 5.32 Å². The number of amides is 2. The van der Waals surface area contributed by atoms with Gasteiger partial charge in [-0.25, -0.2) is 9.69 Å². The molecule has 0 unspecified atom stereocenters. The highest BCUT2D eigenvalue weighted by molar-refractivity contribution is 8.04. The van der Waals surface area contributed by atoms with Gasteiger partial charge in [0.25, 0.3) is 11.8 Å². The van der Waals surface area contributed by atoms with Crippen molar-refractivity contribution in [1.29, 1.82) is 0 Å². The van der Waals surface area contributed by atoms with Crippen molar-refractivity contribution < 1.29 is 23.9 Å². The number of benzene rings is 3. The summed E-state index contributed by atoms with van der Waals surface area (Å²) in [6, 6.07) is 21.1. The number of para-hydroxylation sites is 1. The van der Waals surface area contributed by atoms with Crippen LogP contribution in [0.5, 0.6) is 5.75 Å². The molecule has 178 valence electrons. The number of carbonyl (C=O) groups excluding carboxylic acids is 3. The Kier molecular flexibility index (Phi) is 7.22. The lowest BCUT2D eigenvalue weighted by Gasteiger charge is -2.18. The van der Waals surface area contributed by atoms with Gasteiger partial charge in [-0.2, -0.15) is 0 Å². The van der Waals surface area contributed by atoms with Crippen LogP contribution in [0.4, 0.5) is 11.4 Å². The summed E-state index contributed by atoms with van der Waals surface area (Å²) in [7, 11) is 1.55. The van der Waals surface area contributed by atoms with E-state index in [1.807, 2.05) is 31.2 Å². The highest BCUT2D eigenvalue weighted by Crippen LogP contribution is 2.39. The number of nitrogens with zero attached hydrogens (tertiary/aromatic N) is 1. The maximum atomic E-state index is 13.7. The molecular weight excluding hydrogens is 464 g/mol. The Labute approximate surface area is 207 Å². The first-order chi connectivity index (χ1) is 16.9. The standard InChI is InChI=1S/C27H24N2O5S/c1-4-34-27(32)21-10-5-6-11-22(21)29-25(30)23(28-18-8-7-9-19(16-18)33-3)24(26(29)31)35-20-14-12-17(2)13-15-20/h5-16,28H,4H2,1-3H3. The van der Waals surface area contributed by atoms with E-state index in [1.54, 1.807) is 56.5 Å². The second kappa shape index (κ2) is 10.5. The fourth-order valence-electron chi connectivity index (χ4n) is 3.55. The van der Waals surface area contributed by atoms with Gasteiger partial charge in [0, 0.05) is 16.6 Å². The molecule has 3 aromatic rings. The third-order valence-electron chi connectivity index (χ3n) is 5.26. The normalized spacial score (nSPS) is 13.3. The molecule has 0 fully saturated rings. The number of esters is 1. The second-order valence-electron chi connectivity index (χ2n) is 7.66. The molecule has 0 aliphatic carbocycles. The van der Waals surface area contributed by atoms with Crippen LogP contribution in [0, 0.1) is 6.92 Å². The minimum absolute atomic E-state index is 0.118. The summed E-state index contributed by atoms with van der Waals surface area (Å²) in [5, 5.41) is 3.10. The van der Waals surface area contributed by atoms with Gasteiger partial charge in [-0.15, -0.1) is 0 Å². The van der Waals surface area contributed by atoms with Gasteiger partial charge in [0.05, 0.1) is 25.0 Å². The van der Waals surface area contributed by atoms with E-state index in [1.165, 1.54) is 17.8 Å². The average molecular weight is 489 g/mol. The van der Waals surface area contributed by atoms with E-state index in [-0.39, 0.29) is 28.5 Å². The maximum absolute atomic E-state index is 13.7. The first-order valence-electron chi connectivity index (χ1n) is 11.0. The molecule has 0 radical (unpaired) electrons. The molecule has 0 saturated heterocycles. The first kappa shape index (κ1) is 24.1. The van der Waals surface area contributed by atoms with E-state index in [0.29, 0.717) is 11.4 Å². The molecule has 8 heteroatoms. The summed E-state index contributed by atoms with van der Waals surface area (Å²) in [4.78, 5) is 41.9. The molecular formula is C27H24N2O5S. The molecule has 0 saturated carbocycles.